The van der Waals surface area contributed by atoms with Gasteiger partial charge in [0.05, 0.1) is 12.7 Å². The SMILES string of the molecule is Cc1cc(NC(=O)c2cn(Cc3ccc(Cl)cc3Cl)nn2)c(=O)n(C)c1. The van der Waals surface area contributed by atoms with E-state index in [4.69, 9.17) is 23.2 Å². The van der Waals surface area contributed by atoms with Crippen LogP contribution in [0.2, 0.25) is 10.0 Å². The number of benzene rings is 1. The third-order valence-corrected chi connectivity index (χ3v) is 4.27. The summed E-state index contributed by atoms with van der Waals surface area (Å²) in [5, 5.41) is 11.4. The predicted molar refractivity (Wildman–Crippen MR) is 100.0 cm³/mol. The first-order valence-corrected chi connectivity index (χ1v) is 8.42. The number of halogens is 2. The third kappa shape index (κ3) is 3.95. The zero-order chi connectivity index (χ0) is 18.8. The minimum absolute atomic E-state index is 0.0960. The van der Waals surface area contributed by atoms with Gasteiger partial charge in [0.1, 0.15) is 5.69 Å². The van der Waals surface area contributed by atoms with Crippen LogP contribution >= 0.6 is 23.2 Å². The summed E-state index contributed by atoms with van der Waals surface area (Å²) >= 11 is 12.0. The lowest BCUT2D eigenvalue weighted by Crippen LogP contribution is -2.24. The Morgan fingerprint density at radius 3 is 2.73 bits per heavy atom. The Labute approximate surface area is 159 Å². The summed E-state index contributed by atoms with van der Waals surface area (Å²) in [5.41, 5.74) is 1.62. The number of carbonyl (C=O) groups excluding carboxylic acids is 1. The van der Waals surface area contributed by atoms with Gasteiger partial charge in [0.2, 0.25) is 0 Å². The minimum atomic E-state index is -0.513. The number of hydrogen-bond donors (Lipinski definition) is 1. The van der Waals surface area contributed by atoms with Crippen LogP contribution < -0.4 is 10.9 Å². The fourth-order valence-electron chi connectivity index (χ4n) is 2.46. The molecule has 0 unspecified atom stereocenters. The van der Waals surface area contributed by atoms with Crippen LogP contribution in [0.1, 0.15) is 21.6 Å². The van der Waals surface area contributed by atoms with Crippen molar-refractivity contribution in [2.45, 2.75) is 13.5 Å². The van der Waals surface area contributed by atoms with Gasteiger partial charge in [0.15, 0.2) is 5.69 Å². The maximum atomic E-state index is 12.3. The number of pyridine rings is 1. The Bertz CT molecular complexity index is 1040. The molecule has 9 heteroatoms. The zero-order valence-corrected chi connectivity index (χ0v) is 15.5. The molecule has 0 saturated heterocycles. The van der Waals surface area contributed by atoms with Gasteiger partial charge in [-0.15, -0.1) is 5.10 Å². The highest BCUT2D eigenvalue weighted by molar-refractivity contribution is 6.35. The van der Waals surface area contributed by atoms with E-state index in [1.165, 1.54) is 15.4 Å². The molecule has 0 spiro atoms. The van der Waals surface area contributed by atoms with Gasteiger partial charge in [0, 0.05) is 23.3 Å². The van der Waals surface area contributed by atoms with Crippen molar-refractivity contribution >= 4 is 34.8 Å². The van der Waals surface area contributed by atoms with E-state index in [9.17, 15) is 9.59 Å². The second-order valence-electron chi connectivity index (χ2n) is 5.84. The van der Waals surface area contributed by atoms with Gasteiger partial charge in [-0.25, -0.2) is 4.68 Å². The lowest BCUT2D eigenvalue weighted by atomic mass is 10.2. The summed E-state index contributed by atoms with van der Waals surface area (Å²) in [7, 11) is 1.62. The number of hydrogen-bond acceptors (Lipinski definition) is 4. The standard InChI is InChI=1S/C17H15Cl2N5O2/c1-10-5-14(17(26)23(2)7-10)20-16(25)15-9-24(22-21-15)8-11-3-4-12(18)6-13(11)19/h3-7,9H,8H2,1-2H3,(H,20,25). The van der Waals surface area contributed by atoms with Gasteiger partial charge >= 0.3 is 0 Å². The maximum absolute atomic E-state index is 12.3. The van der Waals surface area contributed by atoms with Crippen molar-refractivity contribution in [3.63, 3.8) is 0 Å². The van der Waals surface area contributed by atoms with Crippen molar-refractivity contribution in [1.82, 2.24) is 19.6 Å². The highest BCUT2D eigenvalue weighted by Crippen LogP contribution is 2.21. The summed E-state index contributed by atoms with van der Waals surface area (Å²) < 4.78 is 2.89. The first-order chi connectivity index (χ1) is 12.3. The predicted octanol–water partition coefficient (Wildman–Crippen LogP) is 2.89. The fourth-order valence-corrected chi connectivity index (χ4v) is 2.93. The van der Waals surface area contributed by atoms with Crippen molar-refractivity contribution in [3.8, 4) is 0 Å². The largest absolute Gasteiger partial charge is 0.317 e. The average Bonchev–Trinajstić information content (AvgIpc) is 3.03. The van der Waals surface area contributed by atoms with E-state index >= 15 is 0 Å². The molecule has 26 heavy (non-hydrogen) atoms. The molecule has 2 aromatic heterocycles. The number of carbonyl (C=O) groups is 1. The molecule has 0 aliphatic rings. The monoisotopic (exact) mass is 391 g/mol. The van der Waals surface area contributed by atoms with E-state index in [1.54, 1.807) is 37.5 Å². The number of nitrogens with zero attached hydrogens (tertiary/aromatic N) is 4. The van der Waals surface area contributed by atoms with Crippen LogP contribution in [0.4, 0.5) is 5.69 Å². The molecule has 1 aromatic carbocycles. The van der Waals surface area contributed by atoms with Crippen LogP contribution in [0.5, 0.6) is 0 Å². The first kappa shape index (κ1) is 18.2. The molecule has 2 heterocycles. The number of aryl methyl sites for hydroxylation is 2. The Kier molecular flexibility index (Phi) is 5.11. The number of rotatable bonds is 4. The summed E-state index contributed by atoms with van der Waals surface area (Å²) in [6, 6.07) is 6.75. The molecule has 134 valence electrons. The van der Waals surface area contributed by atoms with Crippen LogP contribution in [0.15, 0.2) is 41.5 Å². The lowest BCUT2D eigenvalue weighted by molar-refractivity contribution is 0.102. The second kappa shape index (κ2) is 7.31. The Balaban J connectivity index is 1.77. The average molecular weight is 392 g/mol. The number of nitrogens with one attached hydrogen (secondary N) is 1. The number of anilines is 1. The summed E-state index contributed by atoms with van der Waals surface area (Å²) in [5.74, 6) is -0.513. The van der Waals surface area contributed by atoms with Crippen molar-refractivity contribution in [3.05, 3.63) is 73.9 Å². The Morgan fingerprint density at radius 1 is 1.23 bits per heavy atom. The molecule has 3 rings (SSSR count). The van der Waals surface area contributed by atoms with Crippen molar-refractivity contribution in [1.29, 1.82) is 0 Å². The first-order valence-electron chi connectivity index (χ1n) is 7.66. The molecule has 0 atom stereocenters. The molecule has 0 radical (unpaired) electrons. The summed E-state index contributed by atoms with van der Waals surface area (Å²) in [6.45, 7) is 2.17. The lowest BCUT2D eigenvalue weighted by Gasteiger charge is -2.06. The van der Waals surface area contributed by atoms with Gasteiger partial charge in [-0.05, 0) is 36.2 Å². The zero-order valence-electron chi connectivity index (χ0n) is 14.0. The van der Waals surface area contributed by atoms with Gasteiger partial charge < -0.3 is 9.88 Å². The number of amides is 1. The molecule has 0 saturated carbocycles. The van der Waals surface area contributed by atoms with E-state index in [1.807, 2.05) is 6.92 Å². The highest BCUT2D eigenvalue weighted by Gasteiger charge is 2.14. The molecule has 0 fully saturated rings. The summed E-state index contributed by atoms with van der Waals surface area (Å²) in [4.78, 5) is 24.4. The van der Waals surface area contributed by atoms with Crippen molar-refractivity contribution < 1.29 is 4.79 Å². The minimum Gasteiger partial charge on any atom is -0.317 e. The summed E-state index contributed by atoms with van der Waals surface area (Å²) in [6.07, 6.45) is 3.17. The van der Waals surface area contributed by atoms with Crippen LogP contribution in [0.3, 0.4) is 0 Å². The Hall–Kier alpha value is -2.64. The highest BCUT2D eigenvalue weighted by atomic mass is 35.5. The topological polar surface area (TPSA) is 81.8 Å². The quantitative estimate of drug-likeness (QED) is 0.740. The van der Waals surface area contributed by atoms with E-state index in [2.05, 4.69) is 15.6 Å². The van der Waals surface area contributed by atoms with Crippen LogP contribution in [-0.2, 0) is 13.6 Å². The van der Waals surface area contributed by atoms with Gasteiger partial charge in [0.25, 0.3) is 11.5 Å². The van der Waals surface area contributed by atoms with E-state index in [0.717, 1.165) is 11.1 Å². The third-order valence-electron chi connectivity index (χ3n) is 3.69. The molecule has 1 N–H and O–H groups in total. The molecule has 0 aliphatic carbocycles. The molecule has 0 bridgehead atoms. The van der Waals surface area contributed by atoms with E-state index in [0.29, 0.717) is 16.6 Å². The number of aromatic nitrogens is 4. The molecular weight excluding hydrogens is 377 g/mol. The van der Waals surface area contributed by atoms with Gasteiger partial charge in [-0.2, -0.15) is 0 Å². The second-order valence-corrected chi connectivity index (χ2v) is 6.68. The fraction of sp³-hybridized carbons (Fsp3) is 0.176. The maximum Gasteiger partial charge on any atom is 0.277 e. The molecule has 1 amide bonds. The molecule has 3 aromatic rings. The van der Waals surface area contributed by atoms with Gasteiger partial charge in [-0.3, -0.25) is 9.59 Å². The molecule has 7 nitrogen and oxygen atoms in total. The smallest absolute Gasteiger partial charge is 0.277 e. The van der Waals surface area contributed by atoms with Crippen molar-refractivity contribution in [2.24, 2.45) is 7.05 Å². The Morgan fingerprint density at radius 2 is 2.00 bits per heavy atom. The van der Waals surface area contributed by atoms with Crippen LogP contribution in [0, 0.1) is 6.92 Å². The van der Waals surface area contributed by atoms with Crippen molar-refractivity contribution in [2.75, 3.05) is 5.32 Å². The molecule has 0 aliphatic heterocycles. The van der Waals surface area contributed by atoms with Crippen LogP contribution in [-0.4, -0.2) is 25.5 Å². The molecular formula is C17H15Cl2N5O2. The normalized spacial score (nSPS) is 10.8. The van der Waals surface area contributed by atoms with Crippen LogP contribution in [0.25, 0.3) is 0 Å². The van der Waals surface area contributed by atoms with Gasteiger partial charge in [-0.1, -0.05) is 34.5 Å². The van der Waals surface area contributed by atoms with E-state index < -0.39 is 5.91 Å². The van der Waals surface area contributed by atoms with E-state index in [-0.39, 0.29) is 16.9 Å².